The lowest BCUT2D eigenvalue weighted by Gasteiger charge is -2.66. The molecule has 1 heterocycles. The Kier molecular flexibility index (Phi) is 7.55. The number of rotatable bonds is 13. The van der Waals surface area contributed by atoms with Crippen LogP contribution >= 0.6 is 11.6 Å². The minimum atomic E-state index is -1.03. The molecule has 9 nitrogen and oxygen atoms in total. The van der Waals surface area contributed by atoms with Gasteiger partial charge in [0.2, 0.25) is 17.7 Å². The summed E-state index contributed by atoms with van der Waals surface area (Å²) >= 11 is 5.99. The van der Waals surface area contributed by atoms with Crippen molar-refractivity contribution in [2.75, 3.05) is 0 Å². The molecule has 7 rings (SSSR count). The predicted octanol–water partition coefficient (Wildman–Crippen LogP) is 4.47. The standard InChI is InChI=1S/C35H38ClN5O4/c36-25-7-5-20(6-8-25)17-39-31(43)29(10-9-26(42)16-37)40-32(44)30(11-21-18-38-28-4-2-1-3-27(21)28)41-33(45)34-14-23-12-22-13-24(15-34)35(22,23)19-34/h1-8,16,18,22-24,29-30,37-38H,9-15,17,19H2,(H,39,43)(H,40,44)(H,41,45)/t22?,23?,24?,29-,30-,34?,35?/m0/s1. The second kappa shape index (κ2) is 11.4. The Bertz CT molecular complexity index is 1670. The molecule has 0 radical (unpaired) electrons. The van der Waals surface area contributed by atoms with Crippen LogP contribution in [-0.2, 0) is 32.1 Å². The zero-order valence-electron chi connectivity index (χ0n) is 25.0. The molecule has 3 amide bonds. The summed E-state index contributed by atoms with van der Waals surface area (Å²) in [6.45, 7) is 0.212. The second-order valence-corrected chi connectivity index (χ2v) is 14.1. The van der Waals surface area contributed by atoms with E-state index >= 15 is 0 Å². The van der Waals surface area contributed by atoms with Crippen LogP contribution in [0.2, 0.25) is 5.02 Å². The van der Waals surface area contributed by atoms with Gasteiger partial charge in [0.05, 0.1) is 11.6 Å². The van der Waals surface area contributed by atoms with Crippen LogP contribution in [0.3, 0.4) is 0 Å². The van der Waals surface area contributed by atoms with Gasteiger partial charge in [-0.1, -0.05) is 41.9 Å². The minimum absolute atomic E-state index is 0.0252. The van der Waals surface area contributed by atoms with Crippen LogP contribution in [-0.4, -0.2) is 46.8 Å². The lowest BCUT2D eigenvalue weighted by Crippen LogP contribution is -2.60. The number of carbonyl (C=O) groups is 4. The quantitative estimate of drug-likeness (QED) is 0.178. The van der Waals surface area contributed by atoms with Crippen LogP contribution in [0.4, 0.5) is 0 Å². The van der Waals surface area contributed by atoms with E-state index in [0.717, 1.165) is 53.4 Å². The van der Waals surface area contributed by atoms with Crippen LogP contribution in [0.15, 0.2) is 54.7 Å². The van der Waals surface area contributed by atoms with Gasteiger partial charge in [-0.3, -0.25) is 19.2 Å². The number of Topliss-reactive ketones (excluding diaryl/α,β-unsaturated/α-hetero) is 1. The molecule has 4 aliphatic rings. The maximum absolute atomic E-state index is 14.1. The Hall–Kier alpha value is -3.98. The smallest absolute Gasteiger partial charge is 0.243 e. The van der Waals surface area contributed by atoms with Gasteiger partial charge in [-0.25, -0.2) is 0 Å². The maximum Gasteiger partial charge on any atom is 0.243 e. The van der Waals surface area contributed by atoms with Gasteiger partial charge >= 0.3 is 0 Å². The van der Waals surface area contributed by atoms with E-state index in [1.807, 2.05) is 30.5 Å². The SMILES string of the molecule is N=CC(=O)CC[C@H](NC(=O)[C@H](Cc1c[nH]c2ccccc12)NC(=O)C12CC3CC4CC(C1)C43C2)C(=O)NCc1ccc(Cl)cc1. The first-order valence-electron chi connectivity index (χ1n) is 15.9. The Morgan fingerprint density at radius 3 is 2.38 bits per heavy atom. The highest BCUT2D eigenvalue weighted by Gasteiger charge is 2.78. The topological polar surface area (TPSA) is 144 Å². The molecule has 2 bridgehead atoms. The number of amides is 3. The zero-order valence-corrected chi connectivity index (χ0v) is 25.8. The van der Waals surface area contributed by atoms with Gasteiger partial charge in [-0.05, 0) is 91.0 Å². The number of nitrogens with one attached hydrogen (secondary N) is 5. The van der Waals surface area contributed by atoms with Crippen molar-refractivity contribution in [3.8, 4) is 0 Å². The van der Waals surface area contributed by atoms with Crippen LogP contribution in [0.5, 0.6) is 0 Å². The molecule has 2 aromatic carbocycles. The van der Waals surface area contributed by atoms with Crippen molar-refractivity contribution < 1.29 is 19.2 Å². The van der Waals surface area contributed by atoms with Gasteiger partial charge in [0.1, 0.15) is 12.1 Å². The molecule has 1 spiro atoms. The number of carbonyl (C=O) groups excluding carboxylic acids is 4. The molecule has 4 saturated carbocycles. The lowest BCUT2D eigenvalue weighted by molar-refractivity contribution is -0.178. The molecule has 4 aliphatic carbocycles. The van der Waals surface area contributed by atoms with Crippen molar-refractivity contribution in [2.24, 2.45) is 28.6 Å². The third kappa shape index (κ3) is 5.15. The van der Waals surface area contributed by atoms with Crippen LogP contribution in [0, 0.1) is 34.0 Å². The molecule has 4 atom stereocenters. The number of aromatic amines is 1. The first kappa shape index (κ1) is 29.7. The molecule has 2 unspecified atom stereocenters. The highest BCUT2D eigenvalue weighted by atomic mass is 35.5. The highest BCUT2D eigenvalue weighted by Crippen LogP contribution is 2.84. The number of ketones is 1. The predicted molar refractivity (Wildman–Crippen MR) is 171 cm³/mol. The van der Waals surface area contributed by atoms with Crippen molar-refractivity contribution in [1.82, 2.24) is 20.9 Å². The summed E-state index contributed by atoms with van der Waals surface area (Å²) in [4.78, 5) is 56.8. The molecular weight excluding hydrogens is 590 g/mol. The average Bonchev–Trinajstić information content (AvgIpc) is 3.69. The summed E-state index contributed by atoms with van der Waals surface area (Å²) < 4.78 is 0. The van der Waals surface area contributed by atoms with E-state index < -0.39 is 35.1 Å². The second-order valence-electron chi connectivity index (χ2n) is 13.7. The molecule has 1 aromatic heterocycles. The first-order chi connectivity index (χ1) is 21.7. The molecule has 45 heavy (non-hydrogen) atoms. The number of benzene rings is 2. The minimum Gasteiger partial charge on any atom is -0.361 e. The Labute approximate surface area is 266 Å². The lowest BCUT2D eigenvalue weighted by atomic mass is 9.38. The third-order valence-corrected chi connectivity index (χ3v) is 11.6. The number of H-pyrrole nitrogens is 1. The van der Waals surface area contributed by atoms with E-state index in [0.29, 0.717) is 22.3 Å². The number of hydrogen-bond donors (Lipinski definition) is 5. The molecular formula is C35H38ClN5O4. The fourth-order valence-corrected chi connectivity index (χ4v) is 9.32. The third-order valence-electron chi connectivity index (χ3n) is 11.4. The monoisotopic (exact) mass is 627 g/mol. The van der Waals surface area contributed by atoms with Gasteiger partial charge < -0.3 is 26.3 Å². The van der Waals surface area contributed by atoms with Crippen molar-refractivity contribution in [2.45, 2.75) is 70.0 Å². The van der Waals surface area contributed by atoms with Gasteiger partial charge in [0, 0.05) is 41.5 Å². The summed E-state index contributed by atoms with van der Waals surface area (Å²) in [6.07, 6.45) is 7.96. The van der Waals surface area contributed by atoms with E-state index in [2.05, 4.69) is 20.9 Å². The fraction of sp³-hybridized carbons (Fsp3) is 0.457. The number of fused-ring (bicyclic) bond motifs is 2. The van der Waals surface area contributed by atoms with Crippen LogP contribution in [0.25, 0.3) is 10.9 Å². The highest BCUT2D eigenvalue weighted by molar-refractivity contribution is 6.30. The van der Waals surface area contributed by atoms with E-state index in [-0.39, 0.29) is 31.7 Å². The van der Waals surface area contributed by atoms with Gasteiger partial charge in [-0.15, -0.1) is 0 Å². The Morgan fingerprint density at radius 2 is 1.69 bits per heavy atom. The first-order valence-corrected chi connectivity index (χ1v) is 16.3. The summed E-state index contributed by atoms with van der Waals surface area (Å²) in [6, 6.07) is 12.9. The van der Waals surface area contributed by atoms with Gasteiger partial charge in [0.25, 0.3) is 0 Å². The Morgan fingerprint density at radius 1 is 0.956 bits per heavy atom. The summed E-state index contributed by atoms with van der Waals surface area (Å²) in [5.41, 5.74) is 2.59. The fourth-order valence-electron chi connectivity index (χ4n) is 9.20. The van der Waals surface area contributed by atoms with E-state index in [1.54, 1.807) is 24.3 Å². The number of hydrogen-bond acceptors (Lipinski definition) is 5. The Balaban J connectivity index is 1.10. The largest absolute Gasteiger partial charge is 0.361 e. The molecule has 3 aromatic rings. The number of aromatic nitrogens is 1. The van der Waals surface area contributed by atoms with E-state index in [9.17, 15) is 19.2 Å². The van der Waals surface area contributed by atoms with Crippen molar-refractivity contribution in [1.29, 1.82) is 5.41 Å². The number of para-hydroxylation sites is 1. The van der Waals surface area contributed by atoms with E-state index in [1.165, 1.54) is 12.8 Å². The van der Waals surface area contributed by atoms with Crippen molar-refractivity contribution in [3.63, 3.8) is 0 Å². The summed E-state index contributed by atoms with van der Waals surface area (Å²) in [5, 5.41) is 17.7. The molecule has 4 fully saturated rings. The van der Waals surface area contributed by atoms with Crippen LogP contribution < -0.4 is 16.0 Å². The zero-order chi connectivity index (χ0) is 31.3. The van der Waals surface area contributed by atoms with Crippen molar-refractivity contribution >= 4 is 52.2 Å². The molecule has 234 valence electrons. The molecule has 0 aliphatic heterocycles. The number of halogens is 1. The van der Waals surface area contributed by atoms with Crippen LogP contribution in [0.1, 0.15) is 56.1 Å². The maximum atomic E-state index is 14.1. The summed E-state index contributed by atoms with van der Waals surface area (Å²) in [5.74, 6) is 0.608. The average molecular weight is 628 g/mol. The molecule has 10 heteroatoms. The van der Waals surface area contributed by atoms with Crippen molar-refractivity contribution in [3.05, 3.63) is 70.9 Å². The van der Waals surface area contributed by atoms with E-state index in [4.69, 9.17) is 17.0 Å². The summed E-state index contributed by atoms with van der Waals surface area (Å²) in [7, 11) is 0. The molecule has 0 saturated heterocycles. The molecule has 5 N–H and O–H groups in total. The normalized spacial score (nSPS) is 28.2. The van der Waals surface area contributed by atoms with Gasteiger partial charge in [0.15, 0.2) is 5.78 Å². The van der Waals surface area contributed by atoms with Gasteiger partial charge in [-0.2, -0.15) is 0 Å².